The van der Waals surface area contributed by atoms with E-state index in [-0.39, 0.29) is 24.4 Å². The summed E-state index contributed by atoms with van der Waals surface area (Å²) in [6.45, 7) is 1.74. The molecule has 0 radical (unpaired) electrons. The number of alkyl halides is 3. The van der Waals surface area contributed by atoms with Crippen LogP contribution in [0.15, 0.2) is 30.5 Å². The van der Waals surface area contributed by atoms with E-state index in [0.29, 0.717) is 11.3 Å². The number of anilines is 1. The molecule has 1 aliphatic heterocycles. The van der Waals surface area contributed by atoms with Crippen molar-refractivity contribution >= 4 is 11.8 Å². The lowest BCUT2D eigenvalue weighted by atomic mass is 9.96. The summed E-state index contributed by atoms with van der Waals surface area (Å²) in [5.74, 6) is -0.257. The largest absolute Gasteiger partial charge is 0.496 e. The van der Waals surface area contributed by atoms with Gasteiger partial charge in [0.1, 0.15) is 17.1 Å². The molecule has 3 rings (SSSR count). The fourth-order valence-electron chi connectivity index (χ4n) is 3.08. The molecule has 0 amide bonds. The molecule has 0 bridgehead atoms. The van der Waals surface area contributed by atoms with E-state index in [9.17, 15) is 18.0 Å². The highest BCUT2D eigenvalue weighted by atomic mass is 19.4. The lowest BCUT2D eigenvalue weighted by Crippen LogP contribution is -2.36. The van der Waals surface area contributed by atoms with E-state index in [1.54, 1.807) is 31.2 Å². The monoisotopic (exact) mass is 369 g/mol. The first-order chi connectivity index (χ1) is 12.4. The Labute approximate surface area is 147 Å². The highest BCUT2D eigenvalue weighted by Crippen LogP contribution is 2.45. The molecular weight excluding hydrogens is 351 g/mol. The Morgan fingerprint density at radius 2 is 2.12 bits per heavy atom. The number of benzene rings is 1. The normalized spacial score (nSPS) is 19.4. The number of hydrogen-bond acceptors (Lipinski definition) is 5. The van der Waals surface area contributed by atoms with E-state index in [0.717, 1.165) is 10.9 Å². The summed E-state index contributed by atoms with van der Waals surface area (Å²) in [6.07, 6.45) is -3.69. The summed E-state index contributed by atoms with van der Waals surface area (Å²) in [5.41, 5.74) is 0.548. The van der Waals surface area contributed by atoms with Crippen molar-refractivity contribution in [2.75, 3.05) is 19.0 Å². The number of nitrogens with one attached hydrogen (secondary N) is 1. The predicted octanol–water partition coefficient (Wildman–Crippen LogP) is 3.73. The molecule has 2 atom stereocenters. The number of fused-ring (bicyclic) bond motifs is 1. The van der Waals surface area contributed by atoms with Crippen molar-refractivity contribution in [1.29, 1.82) is 0 Å². The maximum absolute atomic E-state index is 13.6. The summed E-state index contributed by atoms with van der Waals surface area (Å²) in [6, 6.07) is 4.27. The van der Waals surface area contributed by atoms with Gasteiger partial charge in [-0.15, -0.1) is 0 Å². The van der Waals surface area contributed by atoms with Crippen LogP contribution in [-0.2, 0) is 4.74 Å². The van der Waals surface area contributed by atoms with Crippen molar-refractivity contribution < 1.29 is 27.4 Å². The molecular formula is C17H18F3N3O3. The SMILES string of the molecule is CCOC(=O)c1cnn2c1NC(c1ccccc1OC)CC2C(F)(F)F. The van der Waals surface area contributed by atoms with Crippen LogP contribution in [0, 0.1) is 0 Å². The number of ether oxygens (including phenoxy) is 2. The van der Waals surface area contributed by atoms with Gasteiger partial charge in [-0.3, -0.25) is 0 Å². The summed E-state index contributed by atoms with van der Waals surface area (Å²) in [5, 5.41) is 6.78. The summed E-state index contributed by atoms with van der Waals surface area (Å²) in [7, 11) is 1.46. The third-order valence-corrected chi connectivity index (χ3v) is 4.25. The molecule has 0 saturated heterocycles. The quantitative estimate of drug-likeness (QED) is 0.832. The standard InChI is InChI=1S/C17H18F3N3O3/c1-3-26-16(24)11-9-21-23-14(17(18,19)20)8-12(22-15(11)23)10-6-4-5-7-13(10)25-2/h4-7,9,12,14,22H,3,8H2,1-2H3. The van der Waals surface area contributed by atoms with Crippen LogP contribution < -0.4 is 10.1 Å². The van der Waals surface area contributed by atoms with Crippen LogP contribution in [0.1, 0.15) is 41.3 Å². The Bertz CT molecular complexity index is 804. The van der Waals surface area contributed by atoms with E-state index < -0.39 is 24.2 Å². The minimum Gasteiger partial charge on any atom is -0.496 e. The number of carbonyl (C=O) groups is 1. The predicted molar refractivity (Wildman–Crippen MR) is 87.3 cm³/mol. The van der Waals surface area contributed by atoms with Gasteiger partial charge in [-0.05, 0) is 13.0 Å². The molecule has 26 heavy (non-hydrogen) atoms. The van der Waals surface area contributed by atoms with Crippen LogP contribution in [0.25, 0.3) is 0 Å². The Kier molecular flexibility index (Phi) is 4.80. The van der Waals surface area contributed by atoms with Crippen LogP contribution >= 0.6 is 0 Å². The van der Waals surface area contributed by atoms with Gasteiger partial charge in [-0.25, -0.2) is 9.48 Å². The molecule has 2 heterocycles. The van der Waals surface area contributed by atoms with Crippen LogP contribution in [0.5, 0.6) is 5.75 Å². The van der Waals surface area contributed by atoms with Crippen LogP contribution in [-0.4, -0.2) is 35.6 Å². The zero-order chi connectivity index (χ0) is 18.9. The van der Waals surface area contributed by atoms with Gasteiger partial charge in [0, 0.05) is 12.0 Å². The zero-order valence-corrected chi connectivity index (χ0v) is 14.2. The summed E-state index contributed by atoms with van der Waals surface area (Å²) < 4.78 is 51.8. The summed E-state index contributed by atoms with van der Waals surface area (Å²) >= 11 is 0. The maximum Gasteiger partial charge on any atom is 0.410 e. The number of rotatable bonds is 4. The van der Waals surface area contributed by atoms with E-state index >= 15 is 0 Å². The van der Waals surface area contributed by atoms with E-state index in [4.69, 9.17) is 9.47 Å². The highest BCUT2D eigenvalue weighted by molar-refractivity contribution is 5.94. The van der Waals surface area contributed by atoms with Crippen LogP contribution in [0.3, 0.4) is 0 Å². The summed E-state index contributed by atoms with van der Waals surface area (Å²) in [4.78, 5) is 12.1. The van der Waals surface area contributed by atoms with Gasteiger partial charge < -0.3 is 14.8 Å². The topological polar surface area (TPSA) is 65.4 Å². The number of hydrogen-bond donors (Lipinski definition) is 1. The van der Waals surface area contributed by atoms with Crippen molar-refractivity contribution in [2.24, 2.45) is 0 Å². The molecule has 140 valence electrons. The number of para-hydroxylation sites is 1. The lowest BCUT2D eigenvalue weighted by molar-refractivity contribution is -0.173. The average molecular weight is 369 g/mol. The first-order valence-electron chi connectivity index (χ1n) is 8.07. The molecule has 0 saturated carbocycles. The number of methoxy groups -OCH3 is 1. The number of esters is 1. The Morgan fingerprint density at radius 1 is 1.38 bits per heavy atom. The molecule has 6 nitrogen and oxygen atoms in total. The molecule has 2 unspecified atom stereocenters. The van der Waals surface area contributed by atoms with Gasteiger partial charge in [0.2, 0.25) is 0 Å². The first-order valence-corrected chi connectivity index (χ1v) is 8.07. The minimum absolute atomic E-state index is 0.00655. The van der Waals surface area contributed by atoms with Crippen molar-refractivity contribution in [2.45, 2.75) is 31.6 Å². The fraction of sp³-hybridized carbons (Fsp3) is 0.412. The van der Waals surface area contributed by atoms with E-state index in [1.165, 1.54) is 7.11 Å². The Balaban J connectivity index is 2.06. The van der Waals surface area contributed by atoms with Gasteiger partial charge in [-0.1, -0.05) is 18.2 Å². The fourth-order valence-corrected chi connectivity index (χ4v) is 3.08. The van der Waals surface area contributed by atoms with Crippen LogP contribution in [0.4, 0.5) is 19.0 Å². The number of aromatic nitrogens is 2. The van der Waals surface area contributed by atoms with Gasteiger partial charge >= 0.3 is 12.1 Å². The minimum atomic E-state index is -4.52. The average Bonchev–Trinajstić information content (AvgIpc) is 3.04. The van der Waals surface area contributed by atoms with Gasteiger partial charge in [0.05, 0.1) is 26.0 Å². The number of halogens is 3. The molecule has 2 aromatic rings. The lowest BCUT2D eigenvalue weighted by Gasteiger charge is -2.34. The van der Waals surface area contributed by atoms with Crippen LogP contribution in [0.2, 0.25) is 0 Å². The number of carbonyl (C=O) groups excluding carboxylic acids is 1. The van der Waals surface area contributed by atoms with Crippen molar-refractivity contribution in [3.05, 3.63) is 41.6 Å². The van der Waals surface area contributed by atoms with Gasteiger partial charge in [0.25, 0.3) is 0 Å². The Hall–Kier alpha value is -2.71. The molecule has 1 aliphatic rings. The smallest absolute Gasteiger partial charge is 0.410 e. The van der Waals surface area contributed by atoms with Crippen molar-refractivity contribution in [3.63, 3.8) is 0 Å². The maximum atomic E-state index is 13.6. The third kappa shape index (κ3) is 3.21. The molecule has 0 fully saturated rings. The molecule has 1 aromatic carbocycles. The molecule has 1 N–H and O–H groups in total. The van der Waals surface area contributed by atoms with Crippen molar-refractivity contribution in [3.8, 4) is 5.75 Å². The molecule has 9 heteroatoms. The second-order valence-corrected chi connectivity index (χ2v) is 5.80. The number of nitrogens with zero attached hydrogens (tertiary/aromatic N) is 2. The Morgan fingerprint density at radius 3 is 2.77 bits per heavy atom. The molecule has 1 aromatic heterocycles. The third-order valence-electron chi connectivity index (χ3n) is 4.25. The second-order valence-electron chi connectivity index (χ2n) is 5.80. The van der Waals surface area contributed by atoms with Gasteiger partial charge in [-0.2, -0.15) is 18.3 Å². The zero-order valence-electron chi connectivity index (χ0n) is 14.2. The van der Waals surface area contributed by atoms with E-state index in [2.05, 4.69) is 10.4 Å². The van der Waals surface area contributed by atoms with E-state index in [1.807, 2.05) is 0 Å². The second kappa shape index (κ2) is 6.89. The molecule has 0 aliphatic carbocycles. The van der Waals surface area contributed by atoms with Gasteiger partial charge in [0.15, 0.2) is 6.04 Å². The highest BCUT2D eigenvalue weighted by Gasteiger charge is 2.47. The van der Waals surface area contributed by atoms with Crippen molar-refractivity contribution in [1.82, 2.24) is 9.78 Å². The first kappa shape index (κ1) is 18.1. The molecule has 0 spiro atoms.